The lowest BCUT2D eigenvalue weighted by Gasteiger charge is -2.40. The minimum Gasteiger partial charge on any atom is -0.363 e. The molecule has 1 aromatic heterocycles. The molecule has 2 heterocycles. The number of nitrogens with one attached hydrogen (secondary N) is 3. The average Bonchev–Trinajstić information content (AvgIpc) is 3.49. The van der Waals surface area contributed by atoms with Gasteiger partial charge in [-0.05, 0) is 91.0 Å². The van der Waals surface area contributed by atoms with E-state index in [9.17, 15) is 19.2 Å². The highest BCUT2D eigenvalue weighted by molar-refractivity contribution is 7.07. The second kappa shape index (κ2) is 15.4. The Morgan fingerprint density at radius 2 is 1.69 bits per heavy atom. The molecule has 0 bridgehead atoms. The van der Waals surface area contributed by atoms with E-state index < -0.39 is 23.8 Å². The predicted molar refractivity (Wildman–Crippen MR) is 178 cm³/mol. The van der Waals surface area contributed by atoms with E-state index >= 15 is 0 Å². The van der Waals surface area contributed by atoms with Crippen molar-refractivity contribution in [2.24, 2.45) is 29.4 Å². The molecule has 5 rings (SSSR count). The van der Waals surface area contributed by atoms with E-state index in [1.54, 1.807) is 11.3 Å². The Balaban J connectivity index is 1.30. The summed E-state index contributed by atoms with van der Waals surface area (Å²) in [7, 11) is 0. The van der Waals surface area contributed by atoms with Gasteiger partial charge in [-0.1, -0.05) is 65.2 Å². The fraction of sp³-hybridized carbons (Fsp3) is 0.771. The summed E-state index contributed by atoms with van der Waals surface area (Å²) in [6.07, 6.45) is 15.1. The number of nitrogens with zero attached hydrogens (tertiary/aromatic N) is 1. The van der Waals surface area contributed by atoms with E-state index in [0.29, 0.717) is 43.1 Å². The zero-order valence-electron chi connectivity index (χ0n) is 27.4. The molecular weight excluding hydrogens is 586 g/mol. The number of amides is 4. The van der Waals surface area contributed by atoms with Crippen LogP contribution in [-0.4, -0.2) is 65.3 Å². The molecule has 4 aliphatic rings. The van der Waals surface area contributed by atoms with Crippen LogP contribution >= 0.6 is 11.3 Å². The lowest BCUT2D eigenvalue weighted by molar-refractivity contribution is -0.139. The molecule has 10 heteroatoms. The number of carbonyl (C=O) groups is 4. The largest absolute Gasteiger partial charge is 0.363 e. The third-order valence-corrected chi connectivity index (χ3v) is 11.8. The average molecular weight is 642 g/mol. The molecule has 0 aromatic carbocycles. The second-order valence-corrected chi connectivity index (χ2v) is 15.7. The van der Waals surface area contributed by atoms with Crippen molar-refractivity contribution < 1.29 is 19.2 Å². The number of Topliss-reactive ketones (excluding diaryl/α,β-unsaturated/α-hetero) is 1. The molecule has 4 atom stereocenters. The highest BCUT2D eigenvalue weighted by Gasteiger charge is 2.43. The van der Waals surface area contributed by atoms with E-state index in [1.807, 2.05) is 0 Å². The summed E-state index contributed by atoms with van der Waals surface area (Å²) in [6, 6.07) is 0.707. The van der Waals surface area contributed by atoms with Crippen LogP contribution in [0.5, 0.6) is 0 Å². The minimum atomic E-state index is -0.994. The fourth-order valence-corrected chi connectivity index (χ4v) is 8.83. The molecule has 9 nitrogen and oxygen atoms in total. The lowest BCUT2D eigenvalue weighted by atomic mass is 9.78. The summed E-state index contributed by atoms with van der Waals surface area (Å²) in [6.45, 7) is 5.74. The van der Waals surface area contributed by atoms with Gasteiger partial charge in [-0.25, -0.2) is 4.79 Å². The van der Waals surface area contributed by atoms with Crippen molar-refractivity contribution in [2.75, 3.05) is 13.1 Å². The van der Waals surface area contributed by atoms with E-state index in [-0.39, 0.29) is 23.5 Å². The van der Waals surface area contributed by atoms with Crippen molar-refractivity contribution in [3.05, 3.63) is 22.4 Å². The number of likely N-dealkylation sites (tertiary alicyclic amines) is 1. The minimum absolute atomic E-state index is 0.0807. The SMILES string of the molecule is CC(C)[C@@H]1C[C@@H](C(=O)NC(CC2CC2)C(=O)C(N)=O)N(C[C@@H](NC(=O)NC2(Cc3ccsc3)CCCCC2)C2CCCCC2)C1. The van der Waals surface area contributed by atoms with Gasteiger partial charge in [-0.15, -0.1) is 0 Å². The second-order valence-electron chi connectivity index (χ2n) is 14.9. The molecule has 1 aromatic rings. The van der Waals surface area contributed by atoms with Crippen molar-refractivity contribution in [1.82, 2.24) is 20.9 Å². The molecule has 5 N–H and O–H groups in total. The first kappa shape index (κ1) is 33.9. The highest BCUT2D eigenvalue weighted by Crippen LogP contribution is 2.36. The molecule has 3 saturated carbocycles. The number of hydrogen-bond donors (Lipinski definition) is 4. The zero-order valence-corrected chi connectivity index (χ0v) is 28.2. The van der Waals surface area contributed by atoms with Crippen LogP contribution in [0.15, 0.2) is 16.8 Å². The molecule has 3 aliphatic carbocycles. The van der Waals surface area contributed by atoms with E-state index in [2.05, 4.69) is 51.5 Å². The summed E-state index contributed by atoms with van der Waals surface area (Å²) in [5.41, 5.74) is 6.41. The van der Waals surface area contributed by atoms with Crippen molar-refractivity contribution in [3.8, 4) is 0 Å². The Bertz CT molecular complexity index is 1160. The van der Waals surface area contributed by atoms with Gasteiger partial charge in [0, 0.05) is 24.7 Å². The van der Waals surface area contributed by atoms with Gasteiger partial charge < -0.3 is 21.7 Å². The Morgan fingerprint density at radius 1 is 0.978 bits per heavy atom. The van der Waals surface area contributed by atoms with Gasteiger partial charge >= 0.3 is 6.03 Å². The number of nitrogens with two attached hydrogens (primary N) is 1. The number of urea groups is 1. The van der Waals surface area contributed by atoms with E-state index in [0.717, 1.165) is 77.2 Å². The molecule has 1 aliphatic heterocycles. The molecule has 250 valence electrons. The van der Waals surface area contributed by atoms with Crippen LogP contribution in [0.4, 0.5) is 4.79 Å². The number of thiophene rings is 1. The molecule has 0 radical (unpaired) electrons. The predicted octanol–water partition coefficient (Wildman–Crippen LogP) is 4.93. The number of carbonyl (C=O) groups excluding carboxylic acids is 4. The number of ketones is 1. The maximum Gasteiger partial charge on any atom is 0.315 e. The normalized spacial score (nSPS) is 25.4. The number of primary amides is 1. The lowest BCUT2D eigenvalue weighted by Crippen LogP contribution is -2.59. The molecule has 45 heavy (non-hydrogen) atoms. The summed E-state index contributed by atoms with van der Waals surface area (Å²) in [4.78, 5) is 54.4. The molecule has 4 fully saturated rings. The van der Waals surface area contributed by atoms with Crippen molar-refractivity contribution in [1.29, 1.82) is 0 Å². The van der Waals surface area contributed by atoms with Gasteiger partial charge in [0.2, 0.25) is 11.7 Å². The van der Waals surface area contributed by atoms with Gasteiger partial charge in [0.15, 0.2) is 0 Å². The van der Waals surface area contributed by atoms with Gasteiger partial charge in [0.25, 0.3) is 5.91 Å². The smallest absolute Gasteiger partial charge is 0.315 e. The highest BCUT2D eigenvalue weighted by atomic mass is 32.1. The van der Waals surface area contributed by atoms with Crippen LogP contribution in [0.1, 0.15) is 109 Å². The van der Waals surface area contributed by atoms with Crippen LogP contribution in [0.3, 0.4) is 0 Å². The van der Waals surface area contributed by atoms with E-state index in [1.165, 1.54) is 18.4 Å². The van der Waals surface area contributed by atoms with Crippen molar-refractivity contribution in [2.45, 2.75) is 134 Å². The monoisotopic (exact) mass is 641 g/mol. The Labute approximate surface area is 273 Å². The first-order valence-electron chi connectivity index (χ1n) is 17.6. The summed E-state index contributed by atoms with van der Waals surface area (Å²) >= 11 is 1.70. The van der Waals surface area contributed by atoms with Crippen LogP contribution in [0, 0.1) is 23.7 Å². The summed E-state index contributed by atoms with van der Waals surface area (Å²) < 4.78 is 0. The van der Waals surface area contributed by atoms with E-state index in [4.69, 9.17) is 5.73 Å². The van der Waals surface area contributed by atoms with Crippen molar-refractivity contribution >= 4 is 35.0 Å². The third-order valence-electron chi connectivity index (χ3n) is 11.1. The van der Waals surface area contributed by atoms with Gasteiger partial charge in [0.1, 0.15) is 0 Å². The number of rotatable bonds is 14. The number of hydrogen-bond acceptors (Lipinski definition) is 6. The van der Waals surface area contributed by atoms with Crippen LogP contribution in [0.25, 0.3) is 0 Å². The Morgan fingerprint density at radius 3 is 2.31 bits per heavy atom. The molecule has 1 unspecified atom stereocenters. The Hall–Kier alpha value is -2.46. The zero-order chi connectivity index (χ0) is 32.0. The first-order chi connectivity index (χ1) is 21.6. The molecule has 4 amide bonds. The van der Waals surface area contributed by atoms with Gasteiger partial charge in [-0.2, -0.15) is 11.3 Å². The first-order valence-corrected chi connectivity index (χ1v) is 18.5. The van der Waals surface area contributed by atoms with Gasteiger partial charge in [0.05, 0.1) is 12.1 Å². The summed E-state index contributed by atoms with van der Waals surface area (Å²) in [5, 5.41) is 14.2. The topological polar surface area (TPSA) is 134 Å². The molecule has 0 spiro atoms. The van der Waals surface area contributed by atoms with Crippen LogP contribution in [-0.2, 0) is 20.8 Å². The standard InChI is InChI=1S/C35H55N5O4S/c1-23(2)27-18-30(33(43)37-28(17-24-11-12-24)31(41)32(36)42)40(20-27)21-29(26-9-5-3-6-10-26)38-34(44)39-35(14-7-4-8-15-35)19-25-13-16-45-22-25/h13,16,22-24,26-30H,3-12,14-15,17-21H2,1-2H3,(H2,36,42)(H,37,43)(H2,38,39,44)/t27-,28?,29-,30+/m1/s1. The maximum absolute atomic E-state index is 13.9. The van der Waals surface area contributed by atoms with Crippen molar-refractivity contribution in [3.63, 3.8) is 0 Å². The molecule has 1 saturated heterocycles. The van der Waals surface area contributed by atoms with Crippen LogP contribution < -0.4 is 21.7 Å². The maximum atomic E-state index is 13.9. The summed E-state index contributed by atoms with van der Waals surface area (Å²) in [5.74, 6) is -0.484. The molecular formula is C35H55N5O4S. The third kappa shape index (κ3) is 9.31. The fourth-order valence-electron chi connectivity index (χ4n) is 8.16. The Kier molecular flexibility index (Phi) is 11.6. The van der Waals surface area contributed by atoms with Gasteiger partial charge in [-0.3, -0.25) is 19.3 Å². The quantitative estimate of drug-likeness (QED) is 0.214. The van der Waals surface area contributed by atoms with Crippen LogP contribution in [0.2, 0.25) is 0 Å².